The Morgan fingerprint density at radius 3 is 2.19 bits per heavy atom. The molecule has 0 bridgehead atoms. The number of carbonyl (C=O) groups is 2. The SMILES string of the molecule is O=C(O)c1ccc(NC(=S)N[C@@H](NC(=O)c2cccc3ccccc23)C(Cl)(Cl)Cl)cc1. The molecule has 31 heavy (non-hydrogen) atoms. The maximum Gasteiger partial charge on any atom is 0.335 e. The minimum absolute atomic E-state index is 0.0672. The molecule has 0 aliphatic carbocycles. The molecule has 0 saturated carbocycles. The Bertz CT molecular complexity index is 1130. The fraction of sp³-hybridized carbons (Fsp3) is 0.0952. The number of carbonyl (C=O) groups excluding carboxylic acids is 1. The van der Waals surface area contributed by atoms with E-state index in [0.717, 1.165) is 10.8 Å². The Labute approximate surface area is 198 Å². The van der Waals surface area contributed by atoms with Gasteiger partial charge in [0, 0.05) is 11.3 Å². The van der Waals surface area contributed by atoms with Crippen LogP contribution in [-0.2, 0) is 0 Å². The van der Waals surface area contributed by atoms with Crippen LogP contribution in [0.15, 0.2) is 66.7 Å². The molecule has 1 amide bonds. The van der Waals surface area contributed by atoms with Crippen LogP contribution < -0.4 is 16.0 Å². The molecule has 3 aromatic carbocycles. The Kier molecular flexibility index (Phi) is 7.23. The van der Waals surface area contributed by atoms with Gasteiger partial charge in [-0.05, 0) is 53.3 Å². The lowest BCUT2D eigenvalue weighted by atomic mass is 10.0. The van der Waals surface area contributed by atoms with Crippen molar-refractivity contribution in [3.63, 3.8) is 0 Å². The number of alkyl halides is 3. The van der Waals surface area contributed by atoms with Crippen molar-refractivity contribution in [3.05, 3.63) is 77.9 Å². The molecule has 0 saturated heterocycles. The second-order valence-corrected chi connectivity index (χ2v) is 9.23. The number of anilines is 1. The summed E-state index contributed by atoms with van der Waals surface area (Å²) in [5.41, 5.74) is 1.07. The van der Waals surface area contributed by atoms with E-state index >= 15 is 0 Å². The number of halogens is 3. The normalized spacial score (nSPS) is 12.1. The maximum absolute atomic E-state index is 12.9. The molecule has 0 fully saturated rings. The number of amides is 1. The lowest BCUT2D eigenvalue weighted by Gasteiger charge is -2.28. The molecule has 3 aromatic rings. The summed E-state index contributed by atoms with van der Waals surface area (Å²) in [6.45, 7) is 0. The number of thiocarbonyl (C=S) groups is 1. The quantitative estimate of drug-likeness (QED) is 0.227. The van der Waals surface area contributed by atoms with Crippen LogP contribution >= 0.6 is 47.0 Å². The van der Waals surface area contributed by atoms with E-state index in [0.29, 0.717) is 11.3 Å². The maximum atomic E-state index is 12.9. The van der Waals surface area contributed by atoms with Crippen molar-refractivity contribution in [1.82, 2.24) is 10.6 Å². The molecular weight excluding hydrogens is 481 g/mol. The third-order valence-electron chi connectivity index (χ3n) is 4.30. The highest BCUT2D eigenvalue weighted by Gasteiger charge is 2.35. The number of hydrogen-bond donors (Lipinski definition) is 4. The fourth-order valence-corrected chi connectivity index (χ4v) is 3.39. The Hall–Kier alpha value is -2.58. The van der Waals surface area contributed by atoms with Crippen LogP contribution in [0.25, 0.3) is 10.8 Å². The highest BCUT2D eigenvalue weighted by molar-refractivity contribution is 7.80. The van der Waals surface area contributed by atoms with E-state index in [1.807, 2.05) is 30.3 Å². The molecule has 10 heteroatoms. The molecule has 6 nitrogen and oxygen atoms in total. The molecule has 1 atom stereocenters. The molecule has 4 N–H and O–H groups in total. The highest BCUT2D eigenvalue weighted by Crippen LogP contribution is 2.30. The van der Waals surface area contributed by atoms with Crippen LogP contribution in [0, 0.1) is 0 Å². The smallest absolute Gasteiger partial charge is 0.335 e. The minimum atomic E-state index is -1.92. The molecule has 0 aliphatic rings. The van der Waals surface area contributed by atoms with Gasteiger partial charge in [-0.15, -0.1) is 0 Å². The molecule has 160 valence electrons. The van der Waals surface area contributed by atoms with Gasteiger partial charge < -0.3 is 21.1 Å². The lowest BCUT2D eigenvalue weighted by Crippen LogP contribution is -2.56. The number of nitrogens with one attached hydrogen (secondary N) is 3. The lowest BCUT2D eigenvalue weighted by molar-refractivity contribution is 0.0696. The Morgan fingerprint density at radius 1 is 0.903 bits per heavy atom. The first-order valence-corrected chi connectivity index (χ1v) is 10.5. The van der Waals surface area contributed by atoms with Gasteiger partial charge in [0.25, 0.3) is 5.91 Å². The molecule has 0 spiro atoms. The number of hydrogen-bond acceptors (Lipinski definition) is 3. The third kappa shape index (κ3) is 5.98. The van der Waals surface area contributed by atoms with Gasteiger partial charge >= 0.3 is 5.97 Å². The topological polar surface area (TPSA) is 90.5 Å². The minimum Gasteiger partial charge on any atom is -0.478 e. The van der Waals surface area contributed by atoms with E-state index in [1.165, 1.54) is 24.3 Å². The fourth-order valence-electron chi connectivity index (χ4n) is 2.83. The number of fused-ring (bicyclic) bond motifs is 1. The summed E-state index contributed by atoms with van der Waals surface area (Å²) < 4.78 is -1.92. The van der Waals surface area contributed by atoms with Crippen molar-refractivity contribution in [2.75, 3.05) is 5.32 Å². The Morgan fingerprint density at radius 2 is 1.55 bits per heavy atom. The summed E-state index contributed by atoms with van der Waals surface area (Å²) in [7, 11) is 0. The number of aromatic carboxylic acids is 1. The van der Waals surface area contributed by atoms with E-state index in [2.05, 4.69) is 16.0 Å². The van der Waals surface area contributed by atoms with Gasteiger partial charge in [0.05, 0.1) is 5.56 Å². The Balaban J connectivity index is 1.73. The second kappa shape index (κ2) is 9.70. The molecule has 0 aromatic heterocycles. The number of carboxylic acid groups (broad SMARTS) is 1. The van der Waals surface area contributed by atoms with E-state index in [1.54, 1.807) is 12.1 Å². The first kappa shape index (κ1) is 23.1. The summed E-state index contributed by atoms with van der Waals surface area (Å²) in [4.78, 5) is 23.9. The first-order valence-electron chi connectivity index (χ1n) is 8.91. The van der Waals surface area contributed by atoms with Crippen LogP contribution in [0.2, 0.25) is 0 Å². The number of benzene rings is 3. The largest absolute Gasteiger partial charge is 0.478 e. The van der Waals surface area contributed by atoms with Crippen LogP contribution in [0.4, 0.5) is 5.69 Å². The second-order valence-electron chi connectivity index (χ2n) is 6.46. The molecular formula is C21H16Cl3N3O3S. The average Bonchev–Trinajstić information content (AvgIpc) is 2.72. The van der Waals surface area contributed by atoms with Gasteiger partial charge in [-0.2, -0.15) is 0 Å². The van der Waals surface area contributed by atoms with E-state index in [-0.39, 0.29) is 10.7 Å². The van der Waals surface area contributed by atoms with E-state index in [4.69, 9.17) is 52.1 Å². The average molecular weight is 497 g/mol. The van der Waals surface area contributed by atoms with Gasteiger partial charge in [0.15, 0.2) is 5.11 Å². The molecule has 0 radical (unpaired) electrons. The highest BCUT2D eigenvalue weighted by atomic mass is 35.6. The van der Waals surface area contributed by atoms with Crippen molar-refractivity contribution >= 4 is 80.5 Å². The van der Waals surface area contributed by atoms with Crippen LogP contribution in [0.1, 0.15) is 20.7 Å². The van der Waals surface area contributed by atoms with Crippen LogP contribution in [0.3, 0.4) is 0 Å². The van der Waals surface area contributed by atoms with E-state index in [9.17, 15) is 9.59 Å². The van der Waals surface area contributed by atoms with Crippen LogP contribution in [0.5, 0.6) is 0 Å². The zero-order valence-electron chi connectivity index (χ0n) is 15.7. The zero-order valence-corrected chi connectivity index (χ0v) is 18.8. The summed E-state index contributed by atoms with van der Waals surface area (Å²) in [6.07, 6.45) is -1.15. The molecule has 0 aliphatic heterocycles. The molecule has 0 unspecified atom stereocenters. The third-order valence-corrected chi connectivity index (χ3v) is 5.18. The van der Waals surface area contributed by atoms with Gasteiger partial charge in [-0.3, -0.25) is 4.79 Å². The van der Waals surface area contributed by atoms with Crippen molar-refractivity contribution in [2.45, 2.75) is 9.96 Å². The van der Waals surface area contributed by atoms with Gasteiger partial charge in [0.2, 0.25) is 3.79 Å². The summed E-state index contributed by atoms with van der Waals surface area (Å²) in [5, 5.41) is 19.0. The summed E-state index contributed by atoms with van der Waals surface area (Å²) >= 11 is 23.4. The van der Waals surface area contributed by atoms with Gasteiger partial charge in [-0.25, -0.2) is 4.79 Å². The van der Waals surface area contributed by atoms with Crippen LogP contribution in [-0.4, -0.2) is 32.1 Å². The number of carboxylic acids is 1. The predicted molar refractivity (Wildman–Crippen MR) is 128 cm³/mol. The molecule has 3 rings (SSSR count). The molecule has 0 heterocycles. The number of rotatable bonds is 5. The van der Waals surface area contributed by atoms with Crippen molar-refractivity contribution in [1.29, 1.82) is 0 Å². The first-order chi connectivity index (χ1) is 14.6. The zero-order chi connectivity index (χ0) is 22.6. The predicted octanol–water partition coefficient (Wildman–Crippen LogP) is 4.95. The standard InChI is InChI=1S/C21H16Cl3N3O3S/c22-21(23,24)19(27-20(31)25-14-10-8-13(9-11-14)18(29)30)26-17(28)16-7-3-5-12-4-1-2-6-15(12)16/h1-11,19H,(H,26,28)(H,29,30)(H2,25,27,31)/t19-/m1/s1. The van der Waals surface area contributed by atoms with Crippen molar-refractivity contribution in [3.8, 4) is 0 Å². The van der Waals surface area contributed by atoms with Gasteiger partial charge in [0.1, 0.15) is 6.17 Å². The summed E-state index contributed by atoms with van der Waals surface area (Å²) in [5.74, 6) is -1.49. The van der Waals surface area contributed by atoms with Crippen molar-refractivity contribution in [2.24, 2.45) is 0 Å². The summed E-state index contributed by atoms with van der Waals surface area (Å²) in [6, 6.07) is 18.7. The van der Waals surface area contributed by atoms with Crippen molar-refractivity contribution < 1.29 is 14.7 Å². The van der Waals surface area contributed by atoms with Gasteiger partial charge in [-0.1, -0.05) is 71.2 Å². The van der Waals surface area contributed by atoms with E-state index < -0.39 is 21.8 Å². The monoisotopic (exact) mass is 495 g/mol.